The minimum atomic E-state index is 0.268. The summed E-state index contributed by atoms with van der Waals surface area (Å²) < 4.78 is 0. The van der Waals surface area contributed by atoms with Crippen molar-refractivity contribution in [1.82, 2.24) is 9.97 Å². The molecule has 0 spiro atoms. The molecule has 1 aliphatic carbocycles. The molecule has 1 heterocycles. The van der Waals surface area contributed by atoms with Crippen molar-refractivity contribution in [3.05, 3.63) is 48.3 Å². The number of phenolic OH excluding ortho intramolecular Hbond substituents is 1. The van der Waals surface area contributed by atoms with Gasteiger partial charge < -0.3 is 10.1 Å². The molecule has 3 unspecified atom stereocenters. The number of phenols is 1. The first-order valence-electron chi connectivity index (χ1n) is 6.69. The van der Waals surface area contributed by atoms with Crippen LogP contribution in [0.15, 0.2) is 42.5 Å². The summed E-state index contributed by atoms with van der Waals surface area (Å²) in [7, 11) is 0. The molecule has 3 atom stereocenters. The van der Waals surface area contributed by atoms with Gasteiger partial charge in [0.1, 0.15) is 11.6 Å². The summed E-state index contributed by atoms with van der Waals surface area (Å²) in [5.41, 5.74) is 1.80. The van der Waals surface area contributed by atoms with Crippen molar-refractivity contribution >= 4 is 11.0 Å². The summed E-state index contributed by atoms with van der Waals surface area (Å²) in [6.07, 6.45) is 8.69. The molecule has 2 N–H and O–H groups in total. The number of imidazole rings is 1. The highest BCUT2D eigenvalue weighted by Gasteiger charge is 2.24. The molecule has 98 valence electrons. The molecule has 0 fully saturated rings. The van der Waals surface area contributed by atoms with Crippen LogP contribution < -0.4 is 0 Å². The smallest absolute Gasteiger partial charge is 0.117 e. The van der Waals surface area contributed by atoms with Crippen molar-refractivity contribution in [2.75, 3.05) is 0 Å². The zero-order valence-electron chi connectivity index (χ0n) is 11.2. The third-order valence-corrected chi connectivity index (χ3v) is 3.96. The fourth-order valence-electron chi connectivity index (χ4n) is 2.77. The zero-order valence-corrected chi connectivity index (χ0v) is 11.2. The Morgan fingerprint density at radius 3 is 2.84 bits per heavy atom. The van der Waals surface area contributed by atoms with E-state index in [4.69, 9.17) is 0 Å². The monoisotopic (exact) mass is 254 g/mol. The maximum atomic E-state index is 9.50. The van der Waals surface area contributed by atoms with E-state index in [9.17, 15) is 5.11 Å². The summed E-state index contributed by atoms with van der Waals surface area (Å²) in [4.78, 5) is 7.96. The second kappa shape index (κ2) is 4.57. The molecule has 19 heavy (non-hydrogen) atoms. The number of nitrogens with one attached hydrogen (secondary N) is 1. The van der Waals surface area contributed by atoms with E-state index in [1.807, 2.05) is 6.07 Å². The molecule has 0 radical (unpaired) electrons. The van der Waals surface area contributed by atoms with Crippen LogP contribution in [0.5, 0.6) is 5.75 Å². The predicted octanol–water partition coefficient (Wildman–Crippen LogP) is 3.75. The molecule has 0 bridgehead atoms. The largest absolute Gasteiger partial charge is 0.508 e. The quantitative estimate of drug-likeness (QED) is 0.857. The Morgan fingerprint density at radius 2 is 2.05 bits per heavy atom. The van der Waals surface area contributed by atoms with E-state index in [-0.39, 0.29) is 5.75 Å². The first-order valence-corrected chi connectivity index (χ1v) is 6.69. The Labute approximate surface area is 112 Å². The van der Waals surface area contributed by atoms with Gasteiger partial charge in [-0.15, -0.1) is 0 Å². The predicted molar refractivity (Wildman–Crippen MR) is 77.1 cm³/mol. The number of aromatic amines is 1. The minimum Gasteiger partial charge on any atom is -0.508 e. The fraction of sp³-hybridized carbons (Fsp3) is 0.312. The highest BCUT2D eigenvalue weighted by molar-refractivity contribution is 5.76. The highest BCUT2D eigenvalue weighted by atomic mass is 16.3. The molecule has 0 amide bonds. The maximum absolute atomic E-state index is 9.50. The number of H-pyrrole nitrogens is 1. The molecule has 0 saturated carbocycles. The summed E-state index contributed by atoms with van der Waals surface area (Å²) in [5, 5.41) is 9.50. The molecule has 1 aromatic carbocycles. The van der Waals surface area contributed by atoms with Crippen molar-refractivity contribution in [3.63, 3.8) is 0 Å². The summed E-state index contributed by atoms with van der Waals surface area (Å²) in [5.74, 6) is 2.55. The van der Waals surface area contributed by atoms with Crippen LogP contribution in [-0.4, -0.2) is 15.1 Å². The number of nitrogens with zero attached hydrogens (tertiary/aromatic N) is 1. The Hall–Kier alpha value is -2.03. The lowest BCUT2D eigenvalue weighted by Gasteiger charge is -2.25. The zero-order chi connectivity index (χ0) is 13.4. The molecular formula is C16H18N2O. The molecule has 0 saturated heterocycles. The van der Waals surface area contributed by atoms with E-state index in [2.05, 4.69) is 48.1 Å². The Balaban J connectivity index is 1.95. The van der Waals surface area contributed by atoms with Crippen LogP contribution in [0.1, 0.15) is 25.6 Å². The molecule has 3 heteroatoms. The Morgan fingerprint density at radius 1 is 1.26 bits per heavy atom. The lowest BCUT2D eigenvalue weighted by molar-refractivity contribution is 0.425. The highest BCUT2D eigenvalue weighted by Crippen LogP contribution is 2.33. The minimum absolute atomic E-state index is 0.268. The van der Waals surface area contributed by atoms with Crippen LogP contribution >= 0.6 is 0 Å². The van der Waals surface area contributed by atoms with Gasteiger partial charge in [-0.1, -0.05) is 38.2 Å². The fourth-order valence-corrected chi connectivity index (χ4v) is 2.77. The molecular weight excluding hydrogens is 236 g/mol. The normalized spacial score (nSPS) is 23.9. The van der Waals surface area contributed by atoms with Crippen molar-refractivity contribution in [3.8, 4) is 5.75 Å². The number of aromatic nitrogens is 2. The van der Waals surface area contributed by atoms with Gasteiger partial charge in [-0.2, -0.15) is 0 Å². The van der Waals surface area contributed by atoms with Gasteiger partial charge in [0, 0.05) is 12.0 Å². The van der Waals surface area contributed by atoms with E-state index in [0.717, 1.165) is 16.9 Å². The third kappa shape index (κ3) is 2.16. The lowest BCUT2D eigenvalue weighted by atomic mass is 9.80. The number of benzene rings is 1. The van der Waals surface area contributed by atoms with E-state index in [1.54, 1.807) is 12.1 Å². The second-order valence-corrected chi connectivity index (χ2v) is 5.32. The average molecular weight is 254 g/mol. The van der Waals surface area contributed by atoms with Gasteiger partial charge in [0.05, 0.1) is 11.0 Å². The lowest BCUT2D eigenvalue weighted by Crippen LogP contribution is -2.17. The van der Waals surface area contributed by atoms with Crippen LogP contribution in [0.2, 0.25) is 0 Å². The Bertz CT molecular complexity index is 654. The Kier molecular flexibility index (Phi) is 2.90. The average Bonchev–Trinajstić information content (AvgIpc) is 2.81. The molecule has 2 aromatic rings. The van der Waals surface area contributed by atoms with Crippen LogP contribution in [0.4, 0.5) is 0 Å². The van der Waals surface area contributed by atoms with Crippen molar-refractivity contribution in [1.29, 1.82) is 0 Å². The molecule has 3 rings (SSSR count). The molecule has 1 aliphatic rings. The standard InChI is InChI=1S/C16H18N2O/c1-10-5-3-4-6-13(10)11(2)16-17-14-8-7-12(19)9-15(14)18-16/h3-11,13,19H,1-2H3,(H,17,18). The first-order chi connectivity index (χ1) is 9.15. The van der Waals surface area contributed by atoms with Crippen molar-refractivity contribution in [2.45, 2.75) is 19.8 Å². The van der Waals surface area contributed by atoms with E-state index in [0.29, 0.717) is 17.8 Å². The number of hydrogen-bond donors (Lipinski definition) is 2. The van der Waals surface area contributed by atoms with Gasteiger partial charge in [0.2, 0.25) is 0 Å². The third-order valence-electron chi connectivity index (χ3n) is 3.96. The summed E-state index contributed by atoms with van der Waals surface area (Å²) >= 11 is 0. The molecule has 3 nitrogen and oxygen atoms in total. The number of fused-ring (bicyclic) bond motifs is 1. The molecule has 0 aliphatic heterocycles. The number of rotatable bonds is 2. The van der Waals surface area contributed by atoms with Gasteiger partial charge in [0.15, 0.2) is 0 Å². The van der Waals surface area contributed by atoms with Crippen molar-refractivity contribution in [2.24, 2.45) is 11.8 Å². The first kappa shape index (κ1) is 12.0. The number of hydrogen-bond acceptors (Lipinski definition) is 2. The van der Waals surface area contributed by atoms with Crippen LogP contribution in [0, 0.1) is 11.8 Å². The van der Waals surface area contributed by atoms with Crippen molar-refractivity contribution < 1.29 is 5.11 Å². The number of allylic oxidation sites excluding steroid dienone is 4. The van der Waals surface area contributed by atoms with E-state index in [1.165, 1.54) is 0 Å². The van der Waals surface area contributed by atoms with Gasteiger partial charge in [-0.3, -0.25) is 0 Å². The molecule has 1 aromatic heterocycles. The topological polar surface area (TPSA) is 48.9 Å². The van der Waals surface area contributed by atoms with Gasteiger partial charge in [0.25, 0.3) is 0 Å². The maximum Gasteiger partial charge on any atom is 0.117 e. The van der Waals surface area contributed by atoms with Gasteiger partial charge in [-0.25, -0.2) is 4.98 Å². The van der Waals surface area contributed by atoms with Gasteiger partial charge in [-0.05, 0) is 24.0 Å². The van der Waals surface area contributed by atoms with Crippen LogP contribution in [0.25, 0.3) is 11.0 Å². The summed E-state index contributed by atoms with van der Waals surface area (Å²) in [6, 6.07) is 5.24. The van der Waals surface area contributed by atoms with Crippen LogP contribution in [-0.2, 0) is 0 Å². The summed E-state index contributed by atoms with van der Waals surface area (Å²) in [6.45, 7) is 4.43. The number of aromatic hydroxyl groups is 1. The van der Waals surface area contributed by atoms with Crippen LogP contribution in [0.3, 0.4) is 0 Å². The van der Waals surface area contributed by atoms with E-state index < -0.39 is 0 Å². The SMILES string of the molecule is CC1C=CC=CC1C(C)c1nc2ccc(O)cc2[nH]1. The second-order valence-electron chi connectivity index (χ2n) is 5.32. The van der Waals surface area contributed by atoms with E-state index >= 15 is 0 Å². The van der Waals surface area contributed by atoms with Gasteiger partial charge >= 0.3 is 0 Å².